The summed E-state index contributed by atoms with van der Waals surface area (Å²) in [6.07, 6.45) is 1.72. The molecule has 0 saturated carbocycles. The van der Waals surface area contributed by atoms with Crippen molar-refractivity contribution in [3.63, 3.8) is 0 Å². The molecule has 1 aliphatic heterocycles. The van der Waals surface area contributed by atoms with Crippen LogP contribution in [0.4, 0.5) is 5.69 Å². The maximum absolute atomic E-state index is 6.08. The molecular weight excluding hydrogens is 284 g/mol. The molecule has 0 bridgehead atoms. The molecule has 0 amide bonds. The van der Waals surface area contributed by atoms with Gasteiger partial charge in [0.15, 0.2) is 5.79 Å². The van der Waals surface area contributed by atoms with Crippen molar-refractivity contribution in [1.82, 2.24) is 4.98 Å². The van der Waals surface area contributed by atoms with Crippen LogP contribution >= 0.6 is 11.8 Å². The van der Waals surface area contributed by atoms with E-state index in [0.717, 1.165) is 16.3 Å². The van der Waals surface area contributed by atoms with E-state index in [2.05, 4.69) is 4.98 Å². The average Bonchev–Trinajstić information content (AvgIpc) is 2.91. The third-order valence-corrected chi connectivity index (χ3v) is 4.49. The van der Waals surface area contributed by atoms with Gasteiger partial charge < -0.3 is 15.2 Å². The molecule has 1 aromatic heterocycles. The maximum atomic E-state index is 6.08. The van der Waals surface area contributed by atoms with Gasteiger partial charge in [0.25, 0.3) is 0 Å². The molecular formula is C16H18N2O2S. The summed E-state index contributed by atoms with van der Waals surface area (Å²) >= 11 is 1.65. The van der Waals surface area contributed by atoms with Crippen molar-refractivity contribution in [2.24, 2.45) is 0 Å². The fourth-order valence-electron chi connectivity index (χ4n) is 2.27. The fraction of sp³-hybridized carbons (Fsp3) is 0.312. The largest absolute Gasteiger partial charge is 0.397 e. The Balaban J connectivity index is 1.58. The highest BCUT2D eigenvalue weighted by atomic mass is 32.2. The Labute approximate surface area is 128 Å². The Morgan fingerprint density at radius 3 is 2.81 bits per heavy atom. The standard InChI is InChI=1S/C16H18N2O2S/c1-16(12-5-3-2-4-6-12)19-10-14(20-16)11-21-15-8-7-13(17)9-18-15/h2-9,14H,10-11,17H2,1H3. The number of ether oxygens (including phenoxy) is 2. The number of nitrogens with two attached hydrogens (primary N) is 1. The average molecular weight is 302 g/mol. The van der Waals surface area contributed by atoms with Gasteiger partial charge in [0, 0.05) is 11.3 Å². The minimum atomic E-state index is -0.652. The summed E-state index contributed by atoms with van der Waals surface area (Å²) in [6, 6.07) is 13.8. The molecule has 4 nitrogen and oxygen atoms in total. The highest BCUT2D eigenvalue weighted by Crippen LogP contribution is 2.35. The van der Waals surface area contributed by atoms with E-state index in [0.29, 0.717) is 12.3 Å². The third kappa shape index (κ3) is 3.37. The molecule has 2 atom stereocenters. The zero-order valence-electron chi connectivity index (χ0n) is 11.9. The van der Waals surface area contributed by atoms with Crippen molar-refractivity contribution < 1.29 is 9.47 Å². The van der Waals surface area contributed by atoms with Crippen LogP contribution in [0.15, 0.2) is 53.7 Å². The van der Waals surface area contributed by atoms with Crippen molar-refractivity contribution in [2.75, 3.05) is 18.1 Å². The van der Waals surface area contributed by atoms with Gasteiger partial charge in [0.05, 0.1) is 29.6 Å². The fourth-order valence-corrected chi connectivity index (χ4v) is 3.08. The van der Waals surface area contributed by atoms with Gasteiger partial charge in [-0.1, -0.05) is 30.3 Å². The highest BCUT2D eigenvalue weighted by molar-refractivity contribution is 7.99. The topological polar surface area (TPSA) is 57.4 Å². The van der Waals surface area contributed by atoms with Crippen LogP contribution in [0.3, 0.4) is 0 Å². The second kappa shape index (κ2) is 6.05. The summed E-state index contributed by atoms with van der Waals surface area (Å²) in [7, 11) is 0. The molecule has 1 aliphatic rings. The van der Waals surface area contributed by atoms with E-state index in [4.69, 9.17) is 15.2 Å². The number of aromatic nitrogens is 1. The van der Waals surface area contributed by atoms with E-state index in [1.54, 1.807) is 18.0 Å². The second-order valence-electron chi connectivity index (χ2n) is 5.10. The number of rotatable bonds is 4. The summed E-state index contributed by atoms with van der Waals surface area (Å²) in [5, 5.41) is 0.945. The van der Waals surface area contributed by atoms with E-state index in [-0.39, 0.29) is 6.10 Å². The molecule has 3 rings (SSSR count). The molecule has 110 valence electrons. The molecule has 5 heteroatoms. The van der Waals surface area contributed by atoms with Crippen molar-refractivity contribution in [3.05, 3.63) is 54.2 Å². The molecule has 1 saturated heterocycles. The molecule has 21 heavy (non-hydrogen) atoms. The number of nitrogen functional groups attached to an aromatic ring is 1. The number of nitrogens with zero attached hydrogens (tertiary/aromatic N) is 1. The zero-order chi connectivity index (χ0) is 14.7. The predicted molar refractivity (Wildman–Crippen MR) is 84.0 cm³/mol. The highest BCUT2D eigenvalue weighted by Gasteiger charge is 2.38. The predicted octanol–water partition coefficient (Wildman–Crippen LogP) is 3.04. The van der Waals surface area contributed by atoms with Crippen LogP contribution in [0.5, 0.6) is 0 Å². The molecule has 0 radical (unpaired) electrons. The van der Waals surface area contributed by atoms with Crippen LogP contribution in [0.1, 0.15) is 12.5 Å². The first-order valence-corrected chi connectivity index (χ1v) is 7.86. The normalized spacial score (nSPS) is 25.1. The van der Waals surface area contributed by atoms with Crippen LogP contribution in [-0.4, -0.2) is 23.4 Å². The molecule has 0 spiro atoms. The smallest absolute Gasteiger partial charge is 0.192 e. The quantitative estimate of drug-likeness (QED) is 0.880. The first-order chi connectivity index (χ1) is 10.2. The Hall–Kier alpha value is -1.56. The zero-order valence-corrected chi connectivity index (χ0v) is 12.7. The van der Waals surface area contributed by atoms with Gasteiger partial charge >= 0.3 is 0 Å². The van der Waals surface area contributed by atoms with Gasteiger partial charge in [0.2, 0.25) is 0 Å². The van der Waals surface area contributed by atoms with Crippen molar-refractivity contribution in [2.45, 2.75) is 23.8 Å². The first kappa shape index (κ1) is 14.4. The number of thioether (sulfide) groups is 1. The van der Waals surface area contributed by atoms with Gasteiger partial charge in [-0.05, 0) is 19.1 Å². The molecule has 0 aliphatic carbocycles. The number of pyridine rings is 1. The van der Waals surface area contributed by atoms with Crippen LogP contribution in [0, 0.1) is 0 Å². The molecule has 1 fully saturated rings. The van der Waals surface area contributed by atoms with Crippen LogP contribution < -0.4 is 5.73 Å². The lowest BCUT2D eigenvalue weighted by atomic mass is 10.1. The summed E-state index contributed by atoms with van der Waals surface area (Å²) in [4.78, 5) is 4.28. The maximum Gasteiger partial charge on any atom is 0.192 e. The van der Waals surface area contributed by atoms with Crippen molar-refractivity contribution in [1.29, 1.82) is 0 Å². The number of anilines is 1. The van der Waals surface area contributed by atoms with Gasteiger partial charge in [0.1, 0.15) is 0 Å². The van der Waals surface area contributed by atoms with Gasteiger partial charge in [-0.2, -0.15) is 0 Å². The minimum Gasteiger partial charge on any atom is -0.397 e. The van der Waals surface area contributed by atoms with E-state index in [9.17, 15) is 0 Å². The first-order valence-electron chi connectivity index (χ1n) is 6.87. The van der Waals surface area contributed by atoms with E-state index in [1.807, 2.05) is 49.4 Å². The van der Waals surface area contributed by atoms with Crippen molar-refractivity contribution >= 4 is 17.4 Å². The van der Waals surface area contributed by atoms with E-state index >= 15 is 0 Å². The molecule has 2 heterocycles. The van der Waals surface area contributed by atoms with Crippen molar-refractivity contribution in [3.8, 4) is 0 Å². The third-order valence-electron chi connectivity index (χ3n) is 3.41. The summed E-state index contributed by atoms with van der Waals surface area (Å²) in [6.45, 7) is 2.56. The SMILES string of the molecule is CC1(c2ccccc2)OCC(CSc2ccc(N)cn2)O1. The summed E-state index contributed by atoms with van der Waals surface area (Å²) < 4.78 is 12.0. The molecule has 2 aromatic rings. The van der Waals surface area contributed by atoms with Gasteiger partial charge in [-0.3, -0.25) is 0 Å². The lowest BCUT2D eigenvalue weighted by molar-refractivity contribution is -0.159. The van der Waals surface area contributed by atoms with Crippen LogP contribution in [0.2, 0.25) is 0 Å². The lowest BCUT2D eigenvalue weighted by Crippen LogP contribution is -2.24. The summed E-state index contributed by atoms with van der Waals surface area (Å²) in [5.41, 5.74) is 7.35. The van der Waals surface area contributed by atoms with Gasteiger partial charge in [-0.15, -0.1) is 11.8 Å². The van der Waals surface area contributed by atoms with Gasteiger partial charge in [-0.25, -0.2) is 4.98 Å². The van der Waals surface area contributed by atoms with E-state index < -0.39 is 5.79 Å². The van der Waals surface area contributed by atoms with Crippen LogP contribution in [0.25, 0.3) is 0 Å². The molecule has 1 aromatic carbocycles. The molecule has 2 N–H and O–H groups in total. The Bertz CT molecular complexity index is 591. The number of hydrogen-bond acceptors (Lipinski definition) is 5. The monoisotopic (exact) mass is 302 g/mol. The van der Waals surface area contributed by atoms with Crippen LogP contribution in [-0.2, 0) is 15.3 Å². The summed E-state index contributed by atoms with van der Waals surface area (Å²) in [5.74, 6) is 0.153. The Morgan fingerprint density at radius 2 is 2.10 bits per heavy atom. The Morgan fingerprint density at radius 1 is 1.29 bits per heavy atom. The Kier molecular flexibility index (Phi) is 4.14. The lowest BCUT2D eigenvalue weighted by Gasteiger charge is -2.23. The number of hydrogen-bond donors (Lipinski definition) is 1. The number of benzene rings is 1. The second-order valence-corrected chi connectivity index (χ2v) is 6.14. The minimum absolute atomic E-state index is 0.0551. The molecule has 2 unspecified atom stereocenters. The van der Waals surface area contributed by atoms with E-state index in [1.165, 1.54) is 0 Å².